The quantitative estimate of drug-likeness (QED) is 0.782. The van der Waals surface area contributed by atoms with Crippen molar-refractivity contribution in [2.45, 2.75) is 32.4 Å². The molecular formula is C20H19Cl2NO4. The van der Waals surface area contributed by atoms with Crippen LogP contribution in [0.5, 0.6) is 5.75 Å². The Labute approximate surface area is 167 Å². The van der Waals surface area contributed by atoms with Crippen LogP contribution in [0.25, 0.3) is 0 Å². The highest BCUT2D eigenvalue weighted by Crippen LogP contribution is 2.49. The lowest BCUT2D eigenvalue weighted by atomic mass is 9.90. The Morgan fingerprint density at radius 3 is 2.59 bits per heavy atom. The Hall–Kier alpha value is -2.08. The summed E-state index contributed by atoms with van der Waals surface area (Å²) in [6.45, 7) is 3.80. The summed E-state index contributed by atoms with van der Waals surface area (Å²) in [5, 5.41) is 11.5. The number of carbonyl (C=O) groups is 2. The molecule has 1 unspecified atom stereocenters. The van der Waals surface area contributed by atoms with Crippen LogP contribution >= 0.6 is 23.2 Å². The highest BCUT2D eigenvalue weighted by atomic mass is 35.5. The van der Waals surface area contributed by atoms with E-state index in [0.29, 0.717) is 18.0 Å². The minimum absolute atomic E-state index is 0.127. The summed E-state index contributed by atoms with van der Waals surface area (Å²) in [4.78, 5) is 26.2. The zero-order valence-corrected chi connectivity index (χ0v) is 16.5. The minimum Gasteiger partial charge on any atom is -0.494 e. The van der Waals surface area contributed by atoms with Crippen LogP contribution in [0.3, 0.4) is 0 Å². The summed E-state index contributed by atoms with van der Waals surface area (Å²) in [5.74, 6) is -0.280. The van der Waals surface area contributed by atoms with Crippen LogP contribution in [-0.4, -0.2) is 23.4 Å². The minimum atomic E-state index is -1.96. The predicted molar refractivity (Wildman–Crippen MR) is 104 cm³/mol. The molecule has 0 aliphatic carbocycles. The maximum atomic E-state index is 13.1. The first-order valence-corrected chi connectivity index (χ1v) is 9.28. The average Bonchev–Trinajstić information content (AvgIpc) is 2.81. The molecule has 3 rings (SSSR count). The molecule has 0 fully saturated rings. The summed E-state index contributed by atoms with van der Waals surface area (Å²) in [6.07, 6.45) is -0.333. The summed E-state index contributed by atoms with van der Waals surface area (Å²) >= 11 is 12.5. The first kappa shape index (κ1) is 19.7. The van der Waals surface area contributed by atoms with Crippen LogP contribution < -0.4 is 9.64 Å². The maximum Gasteiger partial charge on any atom is 0.264 e. The fourth-order valence-electron chi connectivity index (χ4n) is 3.36. The summed E-state index contributed by atoms with van der Waals surface area (Å²) in [6, 6.07) is 10.4. The zero-order valence-electron chi connectivity index (χ0n) is 15.0. The van der Waals surface area contributed by atoms with Crippen molar-refractivity contribution in [1.29, 1.82) is 0 Å². The van der Waals surface area contributed by atoms with Crippen LogP contribution in [0.4, 0.5) is 5.69 Å². The van der Waals surface area contributed by atoms with Gasteiger partial charge < -0.3 is 14.7 Å². The number of halogens is 2. The summed E-state index contributed by atoms with van der Waals surface area (Å²) < 4.78 is 5.63. The third-order valence-corrected chi connectivity index (χ3v) is 5.28. The molecule has 0 spiro atoms. The number of aliphatic hydroxyl groups is 1. The van der Waals surface area contributed by atoms with E-state index in [1.165, 1.54) is 17.9 Å². The number of rotatable bonds is 6. The molecule has 5 nitrogen and oxygen atoms in total. The molecule has 1 N–H and O–H groups in total. The molecule has 1 amide bonds. The number of ketones is 1. The van der Waals surface area contributed by atoms with Gasteiger partial charge in [-0.3, -0.25) is 9.59 Å². The van der Waals surface area contributed by atoms with Crippen molar-refractivity contribution in [2.24, 2.45) is 0 Å². The van der Waals surface area contributed by atoms with Crippen molar-refractivity contribution in [2.75, 3.05) is 11.5 Å². The van der Waals surface area contributed by atoms with Crippen LogP contribution in [0.2, 0.25) is 10.0 Å². The predicted octanol–water partition coefficient (Wildman–Crippen LogP) is 4.11. The number of para-hydroxylation sites is 1. The fourth-order valence-corrected chi connectivity index (χ4v) is 3.78. The van der Waals surface area contributed by atoms with Gasteiger partial charge in [0.1, 0.15) is 11.5 Å². The van der Waals surface area contributed by atoms with E-state index in [0.717, 1.165) is 5.56 Å². The van der Waals surface area contributed by atoms with E-state index in [-0.39, 0.29) is 34.4 Å². The van der Waals surface area contributed by atoms with Crippen LogP contribution in [0, 0.1) is 0 Å². The largest absolute Gasteiger partial charge is 0.494 e. The molecule has 0 aromatic heterocycles. The number of carbonyl (C=O) groups excluding carboxylic acids is 2. The molecule has 0 saturated carbocycles. The van der Waals surface area contributed by atoms with E-state index in [1.807, 2.05) is 31.2 Å². The Balaban J connectivity index is 2.11. The van der Waals surface area contributed by atoms with Gasteiger partial charge in [0.05, 0.1) is 28.9 Å². The molecule has 0 saturated heterocycles. The van der Waals surface area contributed by atoms with Crippen LogP contribution in [0.15, 0.2) is 36.4 Å². The Morgan fingerprint density at radius 2 is 1.93 bits per heavy atom. The second kappa shape index (κ2) is 7.50. The number of ether oxygens (including phenoxy) is 1. The second-order valence-corrected chi connectivity index (χ2v) is 7.21. The standard InChI is InChI=1S/C20H19Cl2NO4/c1-3-27-16-7-5-4-6-13(16)11-23-18-14(8-9-15(21)17(18)22)20(26,19(23)25)10-12(2)24/h4-9,26H,3,10-11H2,1-2H3. The van der Waals surface area contributed by atoms with Crippen molar-refractivity contribution in [3.8, 4) is 5.75 Å². The lowest BCUT2D eigenvalue weighted by Gasteiger charge is -2.23. The summed E-state index contributed by atoms with van der Waals surface area (Å²) in [7, 11) is 0. The van der Waals surface area contributed by atoms with Gasteiger partial charge in [-0.2, -0.15) is 0 Å². The third-order valence-electron chi connectivity index (χ3n) is 4.49. The number of anilines is 1. The first-order valence-electron chi connectivity index (χ1n) is 8.52. The molecule has 1 aliphatic rings. The molecule has 2 aromatic rings. The first-order chi connectivity index (χ1) is 12.8. The molecule has 2 aromatic carbocycles. The van der Waals surface area contributed by atoms with E-state index >= 15 is 0 Å². The topological polar surface area (TPSA) is 66.8 Å². The number of Topliss-reactive ketones (excluding diaryl/α,β-unsaturated/α-hetero) is 1. The van der Waals surface area contributed by atoms with Gasteiger partial charge in [0.2, 0.25) is 0 Å². The molecule has 1 atom stereocenters. The molecule has 0 bridgehead atoms. The van der Waals surface area contributed by atoms with Gasteiger partial charge in [-0.25, -0.2) is 0 Å². The van der Waals surface area contributed by atoms with Gasteiger partial charge in [0.15, 0.2) is 5.60 Å². The lowest BCUT2D eigenvalue weighted by Crippen LogP contribution is -2.41. The van der Waals surface area contributed by atoms with E-state index in [4.69, 9.17) is 27.9 Å². The number of hydrogen-bond acceptors (Lipinski definition) is 4. The Kier molecular flexibility index (Phi) is 5.47. The van der Waals surface area contributed by atoms with Gasteiger partial charge in [0, 0.05) is 17.5 Å². The molecule has 0 radical (unpaired) electrons. The van der Waals surface area contributed by atoms with Gasteiger partial charge in [0.25, 0.3) is 5.91 Å². The van der Waals surface area contributed by atoms with Crippen molar-refractivity contribution >= 4 is 40.6 Å². The van der Waals surface area contributed by atoms with Crippen LogP contribution in [-0.2, 0) is 21.7 Å². The maximum absolute atomic E-state index is 13.1. The van der Waals surface area contributed by atoms with Gasteiger partial charge in [-0.15, -0.1) is 0 Å². The number of amides is 1. The summed E-state index contributed by atoms with van der Waals surface area (Å²) in [5.41, 5.74) is -0.604. The van der Waals surface area contributed by atoms with E-state index in [2.05, 4.69) is 0 Å². The van der Waals surface area contributed by atoms with Gasteiger partial charge in [-0.05, 0) is 26.0 Å². The average molecular weight is 408 g/mol. The molecule has 142 valence electrons. The normalized spacial score (nSPS) is 18.6. The number of benzene rings is 2. The zero-order chi connectivity index (χ0) is 19.8. The molecule has 1 aliphatic heterocycles. The highest BCUT2D eigenvalue weighted by molar-refractivity contribution is 6.44. The van der Waals surface area contributed by atoms with E-state index in [1.54, 1.807) is 6.07 Å². The molecule has 1 heterocycles. The van der Waals surface area contributed by atoms with Gasteiger partial charge in [-0.1, -0.05) is 47.5 Å². The van der Waals surface area contributed by atoms with Crippen LogP contribution in [0.1, 0.15) is 31.4 Å². The van der Waals surface area contributed by atoms with E-state index < -0.39 is 11.5 Å². The van der Waals surface area contributed by atoms with E-state index in [9.17, 15) is 14.7 Å². The molecule has 7 heteroatoms. The van der Waals surface area contributed by atoms with Crippen molar-refractivity contribution in [3.63, 3.8) is 0 Å². The molecule has 27 heavy (non-hydrogen) atoms. The number of fused-ring (bicyclic) bond motifs is 1. The third kappa shape index (κ3) is 3.43. The lowest BCUT2D eigenvalue weighted by molar-refractivity contribution is -0.141. The van der Waals surface area contributed by atoms with Crippen molar-refractivity contribution in [1.82, 2.24) is 0 Å². The van der Waals surface area contributed by atoms with Crippen molar-refractivity contribution in [3.05, 3.63) is 57.6 Å². The highest BCUT2D eigenvalue weighted by Gasteiger charge is 2.51. The van der Waals surface area contributed by atoms with Gasteiger partial charge >= 0.3 is 0 Å². The number of nitrogens with zero attached hydrogens (tertiary/aromatic N) is 1. The van der Waals surface area contributed by atoms with Crippen molar-refractivity contribution < 1.29 is 19.4 Å². The monoisotopic (exact) mass is 407 g/mol. The second-order valence-electron chi connectivity index (χ2n) is 6.43. The fraction of sp³-hybridized carbons (Fsp3) is 0.300. The Morgan fingerprint density at radius 1 is 1.22 bits per heavy atom. The SMILES string of the molecule is CCOc1ccccc1CN1C(=O)C(O)(CC(C)=O)c2ccc(Cl)c(Cl)c21. The smallest absolute Gasteiger partial charge is 0.264 e. The number of hydrogen-bond donors (Lipinski definition) is 1. The Bertz CT molecular complexity index is 915. The molecular weight excluding hydrogens is 389 g/mol.